The molecule has 0 saturated carbocycles. The molecule has 1 aromatic carbocycles. The number of nitrogens with zero attached hydrogens (tertiary/aromatic N) is 4. The molecule has 1 amide bonds. The van der Waals surface area contributed by atoms with E-state index in [9.17, 15) is 4.79 Å². The summed E-state index contributed by atoms with van der Waals surface area (Å²) in [6, 6.07) is 8.03. The van der Waals surface area contributed by atoms with E-state index in [0.29, 0.717) is 13.2 Å². The smallest absolute Gasteiger partial charge is 0.243 e. The Labute approximate surface area is 204 Å². The molecule has 1 heterocycles. The lowest BCUT2D eigenvalue weighted by atomic mass is 10.2. The summed E-state index contributed by atoms with van der Waals surface area (Å²) in [7, 11) is 5.45. The van der Waals surface area contributed by atoms with Gasteiger partial charge in [0.25, 0.3) is 0 Å². The van der Waals surface area contributed by atoms with E-state index in [1.54, 1.807) is 19.0 Å². The molecule has 1 fully saturated rings. The summed E-state index contributed by atoms with van der Waals surface area (Å²) in [6.45, 7) is 8.84. The second kappa shape index (κ2) is 15.3. The number of aryl methyl sites for hydroxylation is 1. The Balaban J connectivity index is 0.00000480. The highest BCUT2D eigenvalue weighted by Gasteiger charge is 2.11. The number of carbonyl (C=O) groups is 1. The van der Waals surface area contributed by atoms with Crippen molar-refractivity contribution in [1.29, 1.82) is 0 Å². The Morgan fingerprint density at radius 2 is 1.87 bits per heavy atom. The molecule has 0 radical (unpaired) electrons. The van der Waals surface area contributed by atoms with Crippen molar-refractivity contribution in [3.8, 4) is 5.75 Å². The van der Waals surface area contributed by atoms with E-state index in [4.69, 9.17) is 9.47 Å². The second-order valence-corrected chi connectivity index (χ2v) is 7.75. The van der Waals surface area contributed by atoms with E-state index in [0.717, 1.165) is 57.5 Å². The molecule has 1 aliphatic heterocycles. The number of morpholine rings is 1. The third-order valence-electron chi connectivity index (χ3n) is 4.98. The zero-order valence-corrected chi connectivity index (χ0v) is 21.6. The molecular weight excluding hydrogens is 509 g/mol. The fraction of sp³-hybridized carbons (Fsp3) is 0.636. The second-order valence-electron chi connectivity index (χ2n) is 7.75. The number of amides is 1. The van der Waals surface area contributed by atoms with Crippen LogP contribution in [-0.2, 0) is 9.53 Å². The lowest BCUT2D eigenvalue weighted by Crippen LogP contribution is -2.43. The monoisotopic (exact) mass is 547 g/mol. The van der Waals surface area contributed by atoms with E-state index in [-0.39, 0.29) is 36.4 Å². The molecule has 1 N–H and O–H groups in total. The minimum absolute atomic E-state index is 0. The highest BCUT2D eigenvalue weighted by atomic mass is 127. The summed E-state index contributed by atoms with van der Waals surface area (Å²) in [6.07, 6.45) is 1.01. The van der Waals surface area contributed by atoms with Crippen molar-refractivity contribution in [1.82, 2.24) is 20.0 Å². The van der Waals surface area contributed by atoms with E-state index in [1.165, 1.54) is 5.56 Å². The van der Waals surface area contributed by atoms with Gasteiger partial charge in [0, 0.05) is 40.8 Å². The first-order chi connectivity index (χ1) is 14.5. The molecule has 0 aliphatic carbocycles. The average molecular weight is 547 g/mol. The van der Waals surface area contributed by atoms with Crippen LogP contribution in [0.25, 0.3) is 0 Å². The fourth-order valence-electron chi connectivity index (χ4n) is 2.96. The van der Waals surface area contributed by atoms with Crippen molar-refractivity contribution in [2.45, 2.75) is 13.3 Å². The zero-order chi connectivity index (χ0) is 21.8. The van der Waals surface area contributed by atoms with Gasteiger partial charge in [-0.2, -0.15) is 0 Å². The summed E-state index contributed by atoms with van der Waals surface area (Å²) in [5.41, 5.74) is 1.21. The SMILES string of the molecule is Cc1ccc(OCCN(C)C(=NCC(=O)N(C)C)NCCCN2CCOCC2)cc1.I. The Morgan fingerprint density at radius 3 is 2.52 bits per heavy atom. The molecule has 9 heteroatoms. The number of aliphatic imine (C=N–C) groups is 1. The van der Waals surface area contributed by atoms with Gasteiger partial charge in [-0.15, -0.1) is 24.0 Å². The van der Waals surface area contributed by atoms with E-state index >= 15 is 0 Å². The minimum atomic E-state index is -0.0214. The van der Waals surface area contributed by atoms with E-state index in [2.05, 4.69) is 22.1 Å². The van der Waals surface area contributed by atoms with E-state index in [1.807, 2.05) is 36.2 Å². The first-order valence-electron chi connectivity index (χ1n) is 10.6. The summed E-state index contributed by atoms with van der Waals surface area (Å²) in [5, 5.41) is 3.40. The van der Waals surface area contributed by atoms with Crippen LogP contribution in [0.5, 0.6) is 5.75 Å². The predicted molar refractivity (Wildman–Crippen MR) is 136 cm³/mol. The summed E-state index contributed by atoms with van der Waals surface area (Å²) < 4.78 is 11.2. The van der Waals surface area contributed by atoms with Crippen LogP contribution in [0.1, 0.15) is 12.0 Å². The topological polar surface area (TPSA) is 69.6 Å². The van der Waals surface area contributed by atoms with Gasteiger partial charge in [0.2, 0.25) is 5.91 Å². The number of likely N-dealkylation sites (N-methyl/N-ethyl adjacent to an activating group) is 2. The molecule has 2 rings (SSSR count). The third kappa shape index (κ3) is 11.0. The van der Waals surface area contributed by atoms with Crippen LogP contribution in [0, 0.1) is 6.92 Å². The predicted octanol–water partition coefficient (Wildman–Crippen LogP) is 1.68. The number of halogens is 1. The summed E-state index contributed by atoms with van der Waals surface area (Å²) >= 11 is 0. The van der Waals surface area contributed by atoms with Crippen molar-refractivity contribution in [3.63, 3.8) is 0 Å². The highest BCUT2D eigenvalue weighted by Crippen LogP contribution is 2.11. The van der Waals surface area contributed by atoms with Crippen LogP contribution in [0.4, 0.5) is 0 Å². The standard InChI is InChI=1S/C22H37N5O3.HI/c1-19-6-8-20(9-7-19)30-17-12-26(4)22(24-18-21(28)25(2)3)23-10-5-11-27-13-15-29-16-14-27;/h6-9H,5,10-18H2,1-4H3,(H,23,24);1H. The van der Waals surface area contributed by atoms with Gasteiger partial charge in [-0.1, -0.05) is 17.7 Å². The number of hydrogen-bond donors (Lipinski definition) is 1. The largest absolute Gasteiger partial charge is 0.492 e. The van der Waals surface area contributed by atoms with Gasteiger partial charge in [-0.05, 0) is 32.0 Å². The highest BCUT2D eigenvalue weighted by molar-refractivity contribution is 14.0. The molecule has 0 spiro atoms. The Bertz CT molecular complexity index is 664. The maximum atomic E-state index is 12.0. The maximum Gasteiger partial charge on any atom is 0.243 e. The van der Waals surface area contributed by atoms with Gasteiger partial charge in [0.1, 0.15) is 18.9 Å². The van der Waals surface area contributed by atoms with Crippen LogP contribution in [0.15, 0.2) is 29.3 Å². The quantitative estimate of drug-likeness (QED) is 0.208. The Hall–Kier alpha value is -1.59. The van der Waals surface area contributed by atoms with Crippen molar-refractivity contribution in [2.75, 3.05) is 80.2 Å². The van der Waals surface area contributed by atoms with Crippen molar-refractivity contribution in [3.05, 3.63) is 29.8 Å². The average Bonchev–Trinajstić information content (AvgIpc) is 2.75. The van der Waals surface area contributed by atoms with E-state index < -0.39 is 0 Å². The van der Waals surface area contributed by atoms with Gasteiger partial charge >= 0.3 is 0 Å². The summed E-state index contributed by atoms with van der Waals surface area (Å²) in [4.78, 5) is 22.5. The fourth-order valence-corrected chi connectivity index (χ4v) is 2.96. The molecule has 0 bridgehead atoms. The van der Waals surface area contributed by atoms with Crippen LogP contribution >= 0.6 is 24.0 Å². The number of guanidine groups is 1. The molecular formula is C22H38IN5O3. The lowest BCUT2D eigenvalue weighted by Gasteiger charge is -2.27. The molecule has 31 heavy (non-hydrogen) atoms. The number of benzene rings is 1. The van der Waals surface area contributed by atoms with Crippen LogP contribution in [-0.4, -0.2) is 107 Å². The van der Waals surface area contributed by atoms with Crippen molar-refractivity contribution in [2.24, 2.45) is 4.99 Å². The zero-order valence-electron chi connectivity index (χ0n) is 19.3. The van der Waals surface area contributed by atoms with Crippen LogP contribution in [0.3, 0.4) is 0 Å². The minimum Gasteiger partial charge on any atom is -0.492 e. The molecule has 176 valence electrons. The lowest BCUT2D eigenvalue weighted by molar-refractivity contribution is -0.127. The third-order valence-corrected chi connectivity index (χ3v) is 4.98. The number of carbonyl (C=O) groups excluding carboxylic acids is 1. The molecule has 8 nitrogen and oxygen atoms in total. The van der Waals surface area contributed by atoms with Gasteiger partial charge < -0.3 is 24.6 Å². The maximum absolute atomic E-state index is 12.0. The normalized spacial score (nSPS) is 14.5. The molecule has 0 unspecified atom stereocenters. The summed E-state index contributed by atoms with van der Waals surface area (Å²) in [5.74, 6) is 1.56. The molecule has 1 aromatic rings. The van der Waals surface area contributed by atoms with Crippen LogP contribution < -0.4 is 10.1 Å². The number of rotatable bonds is 10. The molecule has 1 saturated heterocycles. The van der Waals surface area contributed by atoms with Crippen molar-refractivity contribution < 1.29 is 14.3 Å². The molecule has 0 atom stereocenters. The number of nitrogens with one attached hydrogen (secondary N) is 1. The number of hydrogen-bond acceptors (Lipinski definition) is 5. The number of ether oxygens (including phenoxy) is 2. The molecule has 1 aliphatic rings. The first kappa shape index (κ1) is 27.4. The first-order valence-corrected chi connectivity index (χ1v) is 10.6. The molecule has 0 aromatic heterocycles. The van der Waals surface area contributed by atoms with Crippen molar-refractivity contribution >= 4 is 35.8 Å². The Morgan fingerprint density at radius 1 is 1.19 bits per heavy atom. The Kier molecular flexibility index (Phi) is 13.5. The van der Waals surface area contributed by atoms with Gasteiger partial charge in [-0.3, -0.25) is 9.69 Å². The van der Waals surface area contributed by atoms with Gasteiger partial charge in [0.15, 0.2) is 5.96 Å². The van der Waals surface area contributed by atoms with Gasteiger partial charge in [-0.25, -0.2) is 4.99 Å². The van der Waals surface area contributed by atoms with Crippen LogP contribution in [0.2, 0.25) is 0 Å². The van der Waals surface area contributed by atoms with Gasteiger partial charge in [0.05, 0.1) is 19.8 Å².